The van der Waals surface area contributed by atoms with Gasteiger partial charge in [0.1, 0.15) is 5.75 Å². The number of benzene rings is 2. The van der Waals surface area contributed by atoms with Crippen LogP contribution < -0.4 is 10.1 Å². The number of aryl methyl sites for hydroxylation is 2. The number of sulfonamides is 1. The Kier molecular flexibility index (Phi) is 7.15. The molecule has 2 amide bonds. The molecule has 8 heteroatoms. The summed E-state index contributed by atoms with van der Waals surface area (Å²) in [6, 6.07) is 12.6. The van der Waals surface area contributed by atoms with Gasteiger partial charge in [0.25, 0.3) is 0 Å². The molecule has 1 aliphatic heterocycles. The predicted molar refractivity (Wildman–Crippen MR) is 125 cm³/mol. The average molecular weight is 460 g/mol. The molecular formula is C24H33N3O4S. The van der Waals surface area contributed by atoms with Gasteiger partial charge < -0.3 is 15.0 Å². The standard InChI is InChI=1S/C24H33N3O4S/c1-18-6-9-20(10-7-18)32(29,30)27-14-12-26(13-15-27)23(28)25-17-31-22-11-8-19(2)16-21(22)24(3,4)5/h6-11,16H,12-15,17H2,1-5H3,(H,25,28). The van der Waals surface area contributed by atoms with Crippen LogP contribution in [-0.4, -0.2) is 56.6 Å². The minimum Gasteiger partial charge on any atom is -0.473 e. The maximum absolute atomic E-state index is 12.8. The summed E-state index contributed by atoms with van der Waals surface area (Å²) in [5, 5.41) is 2.78. The Morgan fingerprint density at radius 3 is 2.16 bits per heavy atom. The molecule has 1 heterocycles. The Morgan fingerprint density at radius 1 is 0.969 bits per heavy atom. The molecule has 0 bridgehead atoms. The van der Waals surface area contributed by atoms with Crippen molar-refractivity contribution in [3.05, 3.63) is 59.2 Å². The van der Waals surface area contributed by atoms with Gasteiger partial charge in [-0.25, -0.2) is 13.2 Å². The molecule has 0 aliphatic carbocycles. The van der Waals surface area contributed by atoms with Crippen molar-refractivity contribution in [1.29, 1.82) is 0 Å². The van der Waals surface area contributed by atoms with Crippen molar-refractivity contribution in [2.45, 2.75) is 44.9 Å². The summed E-state index contributed by atoms with van der Waals surface area (Å²) in [5.41, 5.74) is 3.17. The van der Waals surface area contributed by atoms with Gasteiger partial charge in [0.15, 0.2) is 6.73 Å². The first-order valence-electron chi connectivity index (χ1n) is 10.8. The molecule has 2 aromatic rings. The van der Waals surface area contributed by atoms with Crippen LogP contribution >= 0.6 is 0 Å². The Bertz CT molecular complexity index is 1050. The van der Waals surface area contributed by atoms with E-state index in [-0.39, 0.29) is 36.2 Å². The van der Waals surface area contributed by atoms with Gasteiger partial charge in [0, 0.05) is 26.2 Å². The van der Waals surface area contributed by atoms with Gasteiger partial charge in [-0.05, 0) is 43.0 Å². The molecule has 7 nitrogen and oxygen atoms in total. The monoisotopic (exact) mass is 459 g/mol. The topological polar surface area (TPSA) is 79.0 Å². The number of rotatable bonds is 5. The van der Waals surface area contributed by atoms with Crippen LogP contribution in [-0.2, 0) is 15.4 Å². The zero-order valence-corrected chi connectivity index (χ0v) is 20.3. The third kappa shape index (κ3) is 5.61. The first kappa shape index (κ1) is 24.1. The summed E-state index contributed by atoms with van der Waals surface area (Å²) >= 11 is 0. The van der Waals surface area contributed by atoms with Crippen molar-refractivity contribution in [3.8, 4) is 5.75 Å². The molecule has 1 N–H and O–H groups in total. The molecule has 2 aromatic carbocycles. The molecule has 0 radical (unpaired) electrons. The van der Waals surface area contributed by atoms with Crippen molar-refractivity contribution in [3.63, 3.8) is 0 Å². The zero-order valence-electron chi connectivity index (χ0n) is 19.5. The highest BCUT2D eigenvalue weighted by Gasteiger charge is 2.30. The van der Waals surface area contributed by atoms with Crippen LogP contribution in [0.3, 0.4) is 0 Å². The van der Waals surface area contributed by atoms with Crippen molar-refractivity contribution in [2.24, 2.45) is 0 Å². The second-order valence-corrected chi connectivity index (χ2v) is 11.2. The first-order valence-corrected chi connectivity index (χ1v) is 12.3. The van der Waals surface area contributed by atoms with Gasteiger partial charge in [-0.15, -0.1) is 0 Å². The summed E-state index contributed by atoms with van der Waals surface area (Å²) in [6.07, 6.45) is 0. The van der Waals surface area contributed by atoms with Gasteiger partial charge >= 0.3 is 6.03 Å². The molecule has 1 fully saturated rings. The van der Waals surface area contributed by atoms with E-state index < -0.39 is 10.0 Å². The third-order valence-corrected chi connectivity index (χ3v) is 7.49. The Hall–Kier alpha value is -2.58. The summed E-state index contributed by atoms with van der Waals surface area (Å²) in [7, 11) is -3.55. The Morgan fingerprint density at radius 2 is 1.56 bits per heavy atom. The fourth-order valence-electron chi connectivity index (χ4n) is 3.63. The minimum absolute atomic E-state index is 0.0485. The molecule has 3 rings (SSSR count). The number of carbonyl (C=O) groups excluding carboxylic acids is 1. The van der Waals surface area contributed by atoms with E-state index in [1.54, 1.807) is 29.2 Å². The number of hydrogen-bond acceptors (Lipinski definition) is 4. The number of nitrogens with one attached hydrogen (secondary N) is 1. The zero-order chi connectivity index (χ0) is 23.5. The molecule has 0 unspecified atom stereocenters. The number of piperazine rings is 1. The second kappa shape index (κ2) is 9.50. The number of carbonyl (C=O) groups is 1. The average Bonchev–Trinajstić information content (AvgIpc) is 2.74. The van der Waals surface area contributed by atoms with Crippen LogP contribution in [0.5, 0.6) is 5.75 Å². The maximum atomic E-state index is 12.8. The summed E-state index contributed by atoms with van der Waals surface area (Å²) in [4.78, 5) is 14.5. The van der Waals surface area contributed by atoms with E-state index in [1.807, 2.05) is 26.0 Å². The molecule has 32 heavy (non-hydrogen) atoms. The van der Waals surface area contributed by atoms with Crippen molar-refractivity contribution in [2.75, 3.05) is 32.9 Å². The smallest absolute Gasteiger partial charge is 0.320 e. The lowest BCUT2D eigenvalue weighted by molar-refractivity contribution is 0.162. The lowest BCUT2D eigenvalue weighted by Crippen LogP contribution is -2.53. The Balaban J connectivity index is 1.53. The van der Waals surface area contributed by atoms with Crippen LogP contribution in [0.15, 0.2) is 47.4 Å². The molecule has 1 aliphatic rings. The predicted octanol–water partition coefficient (Wildman–Crippen LogP) is 3.65. The van der Waals surface area contributed by atoms with E-state index >= 15 is 0 Å². The molecule has 174 valence electrons. The number of amides is 2. The third-order valence-electron chi connectivity index (χ3n) is 5.58. The molecule has 0 atom stereocenters. The van der Waals surface area contributed by atoms with E-state index in [9.17, 15) is 13.2 Å². The maximum Gasteiger partial charge on any atom is 0.320 e. The highest BCUT2D eigenvalue weighted by molar-refractivity contribution is 7.89. The van der Waals surface area contributed by atoms with E-state index in [4.69, 9.17) is 4.74 Å². The van der Waals surface area contributed by atoms with Crippen LogP contribution in [0.1, 0.15) is 37.5 Å². The van der Waals surface area contributed by atoms with Crippen LogP contribution in [0.4, 0.5) is 4.79 Å². The minimum atomic E-state index is -3.55. The highest BCUT2D eigenvalue weighted by Crippen LogP contribution is 2.32. The van der Waals surface area contributed by atoms with Gasteiger partial charge in [-0.2, -0.15) is 4.31 Å². The number of urea groups is 1. The SMILES string of the molecule is Cc1ccc(S(=O)(=O)N2CCN(C(=O)NCOc3ccc(C)cc3C(C)(C)C)CC2)cc1. The number of hydrogen-bond donors (Lipinski definition) is 1. The van der Waals surface area contributed by atoms with Gasteiger partial charge in [-0.3, -0.25) is 0 Å². The van der Waals surface area contributed by atoms with Crippen molar-refractivity contribution in [1.82, 2.24) is 14.5 Å². The fraction of sp³-hybridized carbons (Fsp3) is 0.458. The molecule has 0 spiro atoms. The van der Waals surface area contributed by atoms with E-state index in [2.05, 4.69) is 32.2 Å². The Labute approximate surface area is 191 Å². The molecule has 0 aromatic heterocycles. The van der Waals surface area contributed by atoms with E-state index in [0.717, 1.165) is 22.4 Å². The fourth-order valence-corrected chi connectivity index (χ4v) is 5.06. The lowest BCUT2D eigenvalue weighted by Gasteiger charge is -2.34. The van der Waals surface area contributed by atoms with Crippen LogP contribution in [0, 0.1) is 13.8 Å². The highest BCUT2D eigenvalue weighted by atomic mass is 32.2. The molecule has 1 saturated heterocycles. The van der Waals surface area contributed by atoms with Gasteiger partial charge in [0.05, 0.1) is 4.90 Å². The normalized spacial score (nSPS) is 15.5. The van der Waals surface area contributed by atoms with Gasteiger partial charge in [0.2, 0.25) is 10.0 Å². The largest absolute Gasteiger partial charge is 0.473 e. The number of ether oxygens (including phenoxy) is 1. The number of nitrogens with zero attached hydrogens (tertiary/aromatic N) is 2. The van der Waals surface area contributed by atoms with E-state index in [0.29, 0.717) is 13.1 Å². The summed E-state index contributed by atoms with van der Waals surface area (Å²) in [6.45, 7) is 11.6. The van der Waals surface area contributed by atoms with Crippen LogP contribution in [0.2, 0.25) is 0 Å². The van der Waals surface area contributed by atoms with Crippen molar-refractivity contribution < 1.29 is 17.9 Å². The summed E-state index contributed by atoms with van der Waals surface area (Å²) in [5.74, 6) is 0.748. The van der Waals surface area contributed by atoms with Crippen LogP contribution in [0.25, 0.3) is 0 Å². The second-order valence-electron chi connectivity index (χ2n) is 9.22. The van der Waals surface area contributed by atoms with Gasteiger partial charge in [-0.1, -0.05) is 56.2 Å². The lowest BCUT2D eigenvalue weighted by atomic mass is 9.85. The van der Waals surface area contributed by atoms with E-state index in [1.165, 1.54) is 4.31 Å². The summed E-state index contributed by atoms with van der Waals surface area (Å²) < 4.78 is 32.9. The molecule has 0 saturated carbocycles. The quantitative estimate of drug-likeness (QED) is 0.692. The van der Waals surface area contributed by atoms with Crippen molar-refractivity contribution >= 4 is 16.1 Å². The first-order chi connectivity index (χ1) is 15.0. The molecular weight excluding hydrogens is 426 g/mol.